The summed E-state index contributed by atoms with van der Waals surface area (Å²) in [7, 11) is 0. The van der Waals surface area contributed by atoms with E-state index in [9.17, 15) is 0 Å². The summed E-state index contributed by atoms with van der Waals surface area (Å²) in [6.07, 6.45) is 0. The molecule has 7 heteroatoms. The highest BCUT2D eigenvalue weighted by Crippen LogP contribution is 2.26. The van der Waals surface area contributed by atoms with E-state index in [1.165, 1.54) is 11.8 Å². The van der Waals surface area contributed by atoms with Crippen molar-refractivity contribution < 1.29 is 9.15 Å². The number of para-hydroxylation sites is 2. The third-order valence-electron chi connectivity index (χ3n) is 3.59. The highest BCUT2D eigenvalue weighted by atomic mass is 32.2. The molecule has 0 aliphatic rings. The van der Waals surface area contributed by atoms with Crippen LogP contribution in [0.15, 0.2) is 58.2 Å². The van der Waals surface area contributed by atoms with Gasteiger partial charge in [-0.2, -0.15) is 0 Å². The zero-order chi connectivity index (χ0) is 17.1. The average Bonchev–Trinajstić information content (AvgIpc) is 3.27. The maximum atomic E-state index is 5.72. The molecular formula is C18H16N4O2S. The molecule has 0 unspecified atom stereocenters. The second-order valence-corrected chi connectivity index (χ2v) is 6.25. The molecule has 2 aromatic carbocycles. The zero-order valence-electron chi connectivity index (χ0n) is 13.6. The van der Waals surface area contributed by atoms with Crippen molar-refractivity contribution in [2.75, 3.05) is 6.61 Å². The molecule has 0 atom stereocenters. The fraction of sp³-hybridized carbons (Fsp3) is 0.167. The first-order valence-corrected chi connectivity index (χ1v) is 8.93. The fourth-order valence-corrected chi connectivity index (χ4v) is 3.08. The van der Waals surface area contributed by atoms with Crippen LogP contribution < -0.4 is 4.74 Å². The fourth-order valence-electron chi connectivity index (χ4n) is 2.45. The second kappa shape index (κ2) is 6.98. The lowest BCUT2D eigenvalue weighted by molar-refractivity contribution is 0.340. The predicted molar refractivity (Wildman–Crippen MR) is 96.6 cm³/mol. The molecule has 1 N–H and O–H groups in total. The summed E-state index contributed by atoms with van der Waals surface area (Å²) in [5, 5.41) is 8.72. The van der Waals surface area contributed by atoms with E-state index in [0.29, 0.717) is 23.5 Å². The van der Waals surface area contributed by atoms with Crippen LogP contribution in [0.3, 0.4) is 0 Å². The van der Waals surface area contributed by atoms with E-state index in [1.807, 2.05) is 55.5 Å². The Balaban J connectivity index is 1.44. The lowest BCUT2D eigenvalue weighted by Gasteiger charge is -2.02. The van der Waals surface area contributed by atoms with Gasteiger partial charge in [-0.3, -0.25) is 0 Å². The number of fused-ring (bicyclic) bond motifs is 1. The molecule has 4 aromatic rings. The van der Waals surface area contributed by atoms with Crippen LogP contribution in [0.4, 0.5) is 0 Å². The van der Waals surface area contributed by atoms with Gasteiger partial charge >= 0.3 is 0 Å². The van der Waals surface area contributed by atoms with Crippen LogP contribution in [0, 0.1) is 0 Å². The number of hydrogen-bond acceptors (Lipinski definition) is 6. The SMILES string of the molecule is CCOc1ccc(-c2nnc(SCc3nc4ccccc4[nH]3)o2)cc1. The third kappa shape index (κ3) is 3.51. The lowest BCUT2D eigenvalue weighted by atomic mass is 10.2. The maximum absolute atomic E-state index is 5.72. The molecule has 0 saturated carbocycles. The van der Waals surface area contributed by atoms with E-state index >= 15 is 0 Å². The normalized spacial score (nSPS) is 11.1. The smallest absolute Gasteiger partial charge is 0.277 e. The topological polar surface area (TPSA) is 76.8 Å². The number of thioether (sulfide) groups is 1. The number of H-pyrrole nitrogens is 1. The Kier molecular flexibility index (Phi) is 4.39. The van der Waals surface area contributed by atoms with Gasteiger partial charge in [-0.15, -0.1) is 10.2 Å². The summed E-state index contributed by atoms with van der Waals surface area (Å²) in [6.45, 7) is 2.60. The standard InChI is InChI=1S/C18H16N4O2S/c1-2-23-13-9-7-12(8-10-13)17-21-22-18(24-17)25-11-16-19-14-5-3-4-6-15(14)20-16/h3-10H,2,11H2,1H3,(H,19,20). The Morgan fingerprint density at radius 1 is 1.08 bits per heavy atom. The van der Waals surface area contributed by atoms with E-state index in [4.69, 9.17) is 9.15 Å². The first kappa shape index (κ1) is 15.7. The monoisotopic (exact) mass is 352 g/mol. The summed E-state index contributed by atoms with van der Waals surface area (Å²) in [5.74, 6) is 2.84. The van der Waals surface area contributed by atoms with Crippen LogP contribution in [-0.2, 0) is 5.75 Å². The number of aromatic nitrogens is 4. The van der Waals surface area contributed by atoms with Crippen LogP contribution in [-0.4, -0.2) is 26.8 Å². The molecule has 2 aromatic heterocycles. The Labute approximate surface area is 148 Å². The Morgan fingerprint density at radius 3 is 2.72 bits per heavy atom. The van der Waals surface area contributed by atoms with Crippen molar-refractivity contribution in [3.63, 3.8) is 0 Å². The molecule has 126 valence electrons. The minimum Gasteiger partial charge on any atom is -0.494 e. The van der Waals surface area contributed by atoms with E-state index in [1.54, 1.807) is 0 Å². The molecule has 2 heterocycles. The van der Waals surface area contributed by atoms with Gasteiger partial charge in [-0.05, 0) is 43.3 Å². The van der Waals surface area contributed by atoms with E-state index < -0.39 is 0 Å². The number of imidazole rings is 1. The zero-order valence-corrected chi connectivity index (χ0v) is 14.4. The Bertz CT molecular complexity index is 945. The van der Waals surface area contributed by atoms with Gasteiger partial charge in [-0.25, -0.2) is 4.98 Å². The first-order chi connectivity index (χ1) is 12.3. The van der Waals surface area contributed by atoms with Gasteiger partial charge in [-0.1, -0.05) is 23.9 Å². The van der Waals surface area contributed by atoms with Crippen molar-refractivity contribution in [1.29, 1.82) is 0 Å². The quantitative estimate of drug-likeness (QED) is 0.521. The van der Waals surface area contributed by atoms with Gasteiger partial charge in [0.25, 0.3) is 5.22 Å². The van der Waals surface area contributed by atoms with Crippen LogP contribution in [0.2, 0.25) is 0 Å². The van der Waals surface area contributed by atoms with Crippen molar-refractivity contribution in [3.05, 3.63) is 54.4 Å². The van der Waals surface area contributed by atoms with Crippen molar-refractivity contribution >= 4 is 22.8 Å². The van der Waals surface area contributed by atoms with Gasteiger partial charge in [0.05, 0.1) is 23.4 Å². The van der Waals surface area contributed by atoms with Crippen LogP contribution in [0.25, 0.3) is 22.5 Å². The number of nitrogens with one attached hydrogen (secondary N) is 1. The largest absolute Gasteiger partial charge is 0.494 e. The van der Waals surface area contributed by atoms with Gasteiger partial charge in [0, 0.05) is 5.56 Å². The number of benzene rings is 2. The molecule has 0 aliphatic carbocycles. The molecule has 6 nitrogen and oxygen atoms in total. The molecule has 0 aliphatic heterocycles. The maximum Gasteiger partial charge on any atom is 0.277 e. The van der Waals surface area contributed by atoms with E-state index in [2.05, 4.69) is 20.2 Å². The van der Waals surface area contributed by atoms with Crippen LogP contribution >= 0.6 is 11.8 Å². The summed E-state index contributed by atoms with van der Waals surface area (Å²) < 4.78 is 11.2. The molecule has 0 saturated heterocycles. The number of aromatic amines is 1. The van der Waals surface area contributed by atoms with E-state index in [-0.39, 0.29) is 0 Å². The number of hydrogen-bond donors (Lipinski definition) is 1. The molecule has 0 fully saturated rings. The highest BCUT2D eigenvalue weighted by Gasteiger charge is 2.11. The predicted octanol–water partition coefficient (Wildman–Crippen LogP) is 4.30. The Hall–Kier alpha value is -2.80. The molecule has 4 rings (SSSR count). The molecule has 0 spiro atoms. The summed E-state index contributed by atoms with van der Waals surface area (Å²) in [5.41, 5.74) is 2.85. The minimum atomic E-state index is 0.496. The summed E-state index contributed by atoms with van der Waals surface area (Å²) in [4.78, 5) is 7.83. The minimum absolute atomic E-state index is 0.496. The second-order valence-electron chi connectivity index (χ2n) is 5.32. The van der Waals surface area contributed by atoms with Crippen molar-refractivity contribution in [2.24, 2.45) is 0 Å². The molecule has 0 bridgehead atoms. The number of ether oxygens (including phenoxy) is 1. The average molecular weight is 352 g/mol. The van der Waals surface area contributed by atoms with Gasteiger partial charge in [0.2, 0.25) is 5.89 Å². The van der Waals surface area contributed by atoms with E-state index in [0.717, 1.165) is 28.2 Å². The molecule has 0 radical (unpaired) electrons. The van der Waals surface area contributed by atoms with Crippen molar-refractivity contribution in [1.82, 2.24) is 20.2 Å². The third-order valence-corrected chi connectivity index (χ3v) is 4.42. The van der Waals surface area contributed by atoms with Crippen LogP contribution in [0.1, 0.15) is 12.7 Å². The first-order valence-electron chi connectivity index (χ1n) is 7.95. The van der Waals surface area contributed by atoms with Gasteiger partial charge in [0.1, 0.15) is 11.6 Å². The highest BCUT2D eigenvalue weighted by molar-refractivity contribution is 7.98. The van der Waals surface area contributed by atoms with Gasteiger partial charge in [0.15, 0.2) is 0 Å². The lowest BCUT2D eigenvalue weighted by Crippen LogP contribution is -1.90. The van der Waals surface area contributed by atoms with Crippen molar-refractivity contribution in [3.8, 4) is 17.2 Å². The summed E-state index contributed by atoms with van der Waals surface area (Å²) >= 11 is 1.46. The molecule has 25 heavy (non-hydrogen) atoms. The van der Waals surface area contributed by atoms with Gasteiger partial charge < -0.3 is 14.1 Å². The van der Waals surface area contributed by atoms with Crippen LogP contribution in [0.5, 0.6) is 5.75 Å². The number of nitrogens with zero attached hydrogens (tertiary/aromatic N) is 3. The van der Waals surface area contributed by atoms with Crippen molar-refractivity contribution in [2.45, 2.75) is 17.9 Å². The molecule has 0 amide bonds. The number of rotatable bonds is 6. The summed E-state index contributed by atoms with van der Waals surface area (Å²) in [6, 6.07) is 15.6. The molecular weight excluding hydrogens is 336 g/mol. The Morgan fingerprint density at radius 2 is 1.92 bits per heavy atom.